The van der Waals surface area contributed by atoms with E-state index in [1.54, 1.807) is 30.5 Å². The van der Waals surface area contributed by atoms with Crippen LogP contribution in [-0.4, -0.2) is 67.7 Å². The van der Waals surface area contributed by atoms with Crippen molar-refractivity contribution < 1.29 is 19.3 Å². The van der Waals surface area contributed by atoms with Crippen LogP contribution in [0.3, 0.4) is 0 Å². The number of likely N-dealkylation sites (N-methyl/N-ethyl adjacent to an activating group) is 1. The summed E-state index contributed by atoms with van der Waals surface area (Å²) in [6, 6.07) is 10.2. The Morgan fingerprint density at radius 1 is 1.14 bits per heavy atom. The Bertz CT molecular complexity index is 921. The fourth-order valence-electron chi connectivity index (χ4n) is 3.97. The van der Waals surface area contributed by atoms with Crippen LogP contribution in [0.15, 0.2) is 35.7 Å². The number of ether oxygens (including phenoxy) is 2. The Morgan fingerprint density at radius 2 is 1.97 bits per heavy atom. The molecule has 9 heteroatoms. The van der Waals surface area contributed by atoms with Gasteiger partial charge >= 0.3 is 0 Å². The van der Waals surface area contributed by atoms with Crippen LogP contribution in [0.2, 0.25) is 0 Å². The van der Waals surface area contributed by atoms with E-state index in [4.69, 9.17) is 9.47 Å². The molecule has 2 aromatic heterocycles. The predicted molar refractivity (Wildman–Crippen MR) is 110 cm³/mol. The molecular formula is C20H28N6O2S+2. The molecule has 0 aliphatic carbocycles. The minimum Gasteiger partial charge on any atom is -0.497 e. The molecule has 4 rings (SSSR count). The van der Waals surface area contributed by atoms with E-state index in [1.165, 1.54) is 9.78 Å². The maximum absolute atomic E-state index is 5.75. The number of nitrogens with one attached hydrogen (secondary N) is 2. The van der Waals surface area contributed by atoms with Crippen LogP contribution in [0.4, 0.5) is 0 Å². The molecule has 0 bridgehead atoms. The van der Waals surface area contributed by atoms with Crippen molar-refractivity contribution in [1.29, 1.82) is 0 Å². The highest BCUT2D eigenvalue weighted by molar-refractivity contribution is 7.09. The number of aromatic nitrogens is 4. The van der Waals surface area contributed by atoms with E-state index in [2.05, 4.69) is 46.2 Å². The highest BCUT2D eigenvalue weighted by Gasteiger charge is 2.36. The molecule has 0 saturated carbocycles. The van der Waals surface area contributed by atoms with Crippen molar-refractivity contribution in [3.05, 3.63) is 52.0 Å². The molecule has 1 aliphatic rings. The van der Waals surface area contributed by atoms with Crippen LogP contribution in [0, 0.1) is 0 Å². The molecule has 1 aromatic carbocycles. The molecule has 8 nitrogen and oxygen atoms in total. The lowest BCUT2D eigenvalue weighted by Crippen LogP contribution is -3.27. The summed E-state index contributed by atoms with van der Waals surface area (Å²) in [4.78, 5) is 4.26. The molecule has 1 aliphatic heterocycles. The van der Waals surface area contributed by atoms with Gasteiger partial charge in [-0.05, 0) is 34.0 Å². The molecule has 0 unspecified atom stereocenters. The lowest BCUT2D eigenvalue weighted by Gasteiger charge is -2.33. The van der Waals surface area contributed by atoms with Crippen molar-refractivity contribution in [3.63, 3.8) is 0 Å². The molecule has 3 aromatic rings. The number of quaternary nitrogens is 2. The first-order valence-corrected chi connectivity index (χ1v) is 10.7. The Labute approximate surface area is 174 Å². The van der Waals surface area contributed by atoms with Crippen LogP contribution >= 0.6 is 11.3 Å². The monoisotopic (exact) mass is 416 g/mol. The van der Waals surface area contributed by atoms with Gasteiger partial charge < -0.3 is 19.3 Å². The van der Waals surface area contributed by atoms with Gasteiger partial charge in [-0.3, -0.25) is 0 Å². The van der Waals surface area contributed by atoms with Gasteiger partial charge in [0.1, 0.15) is 37.7 Å². The third-order valence-electron chi connectivity index (χ3n) is 5.61. The van der Waals surface area contributed by atoms with Crippen molar-refractivity contribution in [2.45, 2.75) is 12.6 Å². The van der Waals surface area contributed by atoms with Gasteiger partial charge in [-0.25, -0.2) is 4.68 Å². The lowest BCUT2D eigenvalue weighted by atomic mass is 10.0. The van der Waals surface area contributed by atoms with Gasteiger partial charge in [0.15, 0.2) is 6.04 Å². The largest absolute Gasteiger partial charge is 0.497 e. The number of hydrogen-bond acceptors (Lipinski definition) is 6. The molecule has 1 fully saturated rings. The van der Waals surface area contributed by atoms with Crippen molar-refractivity contribution in [2.24, 2.45) is 0 Å². The molecule has 0 amide bonds. The number of thiophene rings is 1. The van der Waals surface area contributed by atoms with Crippen LogP contribution in [-0.2, 0) is 6.54 Å². The number of hydrogen-bond donors (Lipinski definition) is 2. The van der Waals surface area contributed by atoms with Gasteiger partial charge in [0, 0.05) is 10.9 Å². The number of nitrogens with zero attached hydrogens (tertiary/aromatic N) is 4. The Kier molecular flexibility index (Phi) is 6.08. The minimum atomic E-state index is -0.00100. The third-order valence-corrected chi connectivity index (χ3v) is 6.47. The molecule has 1 saturated heterocycles. The molecule has 2 N–H and O–H groups in total. The standard InChI is InChI=1S/C20H26N6O2S/c1-24-8-10-25(11-9-24)19(17-7-6-15(27-2)13-18(17)28-3)20-21-22-23-26(20)14-16-5-4-12-29-16/h4-7,12-13,19H,8-11,14H2,1-3H3/p+2/t19-/m1/s1. The molecule has 0 spiro atoms. The topological polar surface area (TPSA) is 70.9 Å². The van der Waals surface area contributed by atoms with Crippen molar-refractivity contribution >= 4 is 11.3 Å². The highest BCUT2D eigenvalue weighted by Crippen LogP contribution is 2.31. The fourth-order valence-corrected chi connectivity index (χ4v) is 4.65. The predicted octanol–water partition coefficient (Wildman–Crippen LogP) is -0.697. The van der Waals surface area contributed by atoms with E-state index in [-0.39, 0.29) is 6.04 Å². The Morgan fingerprint density at radius 3 is 2.66 bits per heavy atom. The maximum atomic E-state index is 5.75. The number of piperazine rings is 1. The number of tetrazole rings is 1. The second-order valence-corrected chi connectivity index (χ2v) is 8.46. The van der Waals surface area contributed by atoms with E-state index in [0.717, 1.165) is 49.1 Å². The maximum Gasteiger partial charge on any atom is 0.214 e. The zero-order valence-electron chi connectivity index (χ0n) is 17.1. The number of methoxy groups -OCH3 is 2. The molecular weight excluding hydrogens is 388 g/mol. The highest BCUT2D eigenvalue weighted by atomic mass is 32.1. The summed E-state index contributed by atoms with van der Waals surface area (Å²) in [5.41, 5.74) is 1.09. The van der Waals surface area contributed by atoms with E-state index in [1.807, 2.05) is 16.8 Å². The summed E-state index contributed by atoms with van der Waals surface area (Å²) in [5, 5.41) is 14.9. The average Bonchev–Trinajstić information content (AvgIpc) is 3.43. The van der Waals surface area contributed by atoms with Gasteiger partial charge in [0.25, 0.3) is 0 Å². The molecule has 29 heavy (non-hydrogen) atoms. The lowest BCUT2D eigenvalue weighted by molar-refractivity contribution is -1.02. The molecule has 154 valence electrons. The minimum absolute atomic E-state index is 0.00100. The van der Waals surface area contributed by atoms with Crippen molar-refractivity contribution in [1.82, 2.24) is 20.2 Å². The van der Waals surface area contributed by atoms with Crippen molar-refractivity contribution in [2.75, 3.05) is 47.4 Å². The fraction of sp³-hybridized carbons (Fsp3) is 0.450. The normalized spacial score (nSPS) is 20.4. The summed E-state index contributed by atoms with van der Waals surface area (Å²) in [5.74, 6) is 2.45. The first-order valence-electron chi connectivity index (χ1n) is 9.86. The van der Waals surface area contributed by atoms with Gasteiger partial charge in [-0.1, -0.05) is 6.07 Å². The molecule has 3 heterocycles. The zero-order valence-corrected chi connectivity index (χ0v) is 17.9. The summed E-state index contributed by atoms with van der Waals surface area (Å²) < 4.78 is 13.1. The summed E-state index contributed by atoms with van der Waals surface area (Å²) in [6.07, 6.45) is 0. The average molecular weight is 417 g/mol. The Balaban J connectivity index is 1.75. The van der Waals surface area contributed by atoms with Crippen LogP contribution < -0.4 is 19.3 Å². The van der Waals surface area contributed by atoms with Crippen LogP contribution in [0.1, 0.15) is 22.3 Å². The first kappa shape index (κ1) is 19.8. The second-order valence-electron chi connectivity index (χ2n) is 7.43. The Hall–Kier alpha value is -2.49. The van der Waals surface area contributed by atoms with Crippen LogP contribution in [0.25, 0.3) is 0 Å². The summed E-state index contributed by atoms with van der Waals surface area (Å²) >= 11 is 1.72. The first-order chi connectivity index (χ1) is 14.2. The van der Waals surface area contributed by atoms with E-state index < -0.39 is 0 Å². The number of benzene rings is 1. The quantitative estimate of drug-likeness (QED) is 0.533. The SMILES string of the molecule is COc1ccc([C@H](c2nnnn2Cc2cccs2)[NH+]2CC[NH+](C)CC2)c(OC)c1. The van der Waals surface area contributed by atoms with Crippen molar-refractivity contribution in [3.8, 4) is 11.5 Å². The smallest absolute Gasteiger partial charge is 0.214 e. The van der Waals surface area contributed by atoms with Gasteiger partial charge in [0.05, 0.1) is 33.4 Å². The van der Waals surface area contributed by atoms with E-state index in [9.17, 15) is 0 Å². The van der Waals surface area contributed by atoms with Gasteiger partial charge in [-0.2, -0.15) is 0 Å². The van der Waals surface area contributed by atoms with Gasteiger partial charge in [0.2, 0.25) is 5.82 Å². The summed E-state index contributed by atoms with van der Waals surface area (Å²) in [7, 11) is 5.62. The van der Waals surface area contributed by atoms with E-state index >= 15 is 0 Å². The molecule has 0 radical (unpaired) electrons. The number of rotatable bonds is 7. The zero-order chi connectivity index (χ0) is 20.2. The summed E-state index contributed by atoms with van der Waals surface area (Å²) in [6.45, 7) is 5.02. The van der Waals surface area contributed by atoms with E-state index in [0.29, 0.717) is 6.54 Å². The third kappa shape index (κ3) is 4.26. The second kappa shape index (κ2) is 8.89. The van der Waals surface area contributed by atoms with Crippen LogP contribution in [0.5, 0.6) is 11.5 Å². The van der Waals surface area contributed by atoms with Gasteiger partial charge in [-0.15, -0.1) is 16.4 Å². The molecule has 1 atom stereocenters.